The number of carbonyl (C=O) groups excluding carboxylic acids is 3. The first-order valence-corrected chi connectivity index (χ1v) is 11.2. The highest BCUT2D eigenvalue weighted by molar-refractivity contribution is 7.80. The van der Waals surface area contributed by atoms with E-state index in [1.54, 1.807) is 12.1 Å². The van der Waals surface area contributed by atoms with Crippen LogP contribution in [0.3, 0.4) is 0 Å². The third-order valence-corrected chi connectivity index (χ3v) is 5.23. The highest BCUT2D eigenvalue weighted by atomic mass is 32.1. The molecule has 0 aliphatic rings. The Balaban J connectivity index is 2.80. The minimum atomic E-state index is -1.51. The second-order valence-electron chi connectivity index (χ2n) is 7.78. The van der Waals surface area contributed by atoms with Crippen LogP contribution in [0.15, 0.2) is 24.3 Å². The summed E-state index contributed by atoms with van der Waals surface area (Å²) in [4.78, 5) is 59.6. The second kappa shape index (κ2) is 14.1. The van der Waals surface area contributed by atoms with E-state index in [4.69, 9.17) is 10.8 Å². The molecule has 0 aliphatic heterocycles. The van der Waals surface area contributed by atoms with Crippen LogP contribution in [0, 0.1) is 0 Å². The van der Waals surface area contributed by atoms with E-state index in [1.165, 1.54) is 19.1 Å². The lowest BCUT2D eigenvalue weighted by atomic mass is 10.0. The molecule has 1 rings (SSSR count). The lowest BCUT2D eigenvalue weighted by Crippen LogP contribution is -2.60. The molecule has 0 bridgehead atoms. The molecule has 9 N–H and O–H groups in total. The maximum absolute atomic E-state index is 12.7. The van der Waals surface area contributed by atoms with Gasteiger partial charge in [0.25, 0.3) is 0 Å². The van der Waals surface area contributed by atoms with Crippen LogP contribution in [-0.4, -0.2) is 86.1 Å². The van der Waals surface area contributed by atoms with Gasteiger partial charge in [0.15, 0.2) is 0 Å². The Kier molecular flexibility index (Phi) is 12.0. The van der Waals surface area contributed by atoms with Crippen molar-refractivity contribution in [3.8, 4) is 5.75 Å². The third-order valence-electron chi connectivity index (χ3n) is 4.87. The molecule has 0 aliphatic carbocycles. The molecule has 14 heteroatoms. The van der Waals surface area contributed by atoms with E-state index in [0.29, 0.717) is 5.56 Å². The molecule has 0 aromatic heterocycles. The number of benzene rings is 1. The van der Waals surface area contributed by atoms with Crippen molar-refractivity contribution in [2.24, 2.45) is 5.73 Å². The highest BCUT2D eigenvalue weighted by Crippen LogP contribution is 2.11. The highest BCUT2D eigenvalue weighted by Gasteiger charge is 2.32. The fourth-order valence-electron chi connectivity index (χ4n) is 2.90. The van der Waals surface area contributed by atoms with E-state index in [-0.39, 0.29) is 24.3 Å². The van der Waals surface area contributed by atoms with Gasteiger partial charge >= 0.3 is 11.9 Å². The van der Waals surface area contributed by atoms with E-state index >= 15 is 0 Å². The molecular formula is C21H30N4O9S. The largest absolute Gasteiger partial charge is 0.508 e. The summed E-state index contributed by atoms with van der Waals surface area (Å²) in [5.41, 5.74) is 6.53. The van der Waals surface area contributed by atoms with Gasteiger partial charge in [-0.25, -0.2) is 4.79 Å². The summed E-state index contributed by atoms with van der Waals surface area (Å²) < 4.78 is 0. The molecule has 35 heavy (non-hydrogen) atoms. The Morgan fingerprint density at radius 2 is 1.51 bits per heavy atom. The van der Waals surface area contributed by atoms with E-state index in [2.05, 4.69) is 28.6 Å². The lowest BCUT2D eigenvalue weighted by molar-refractivity contribution is -0.143. The fraction of sp³-hybridized carbons (Fsp3) is 0.476. The summed E-state index contributed by atoms with van der Waals surface area (Å²) in [6.45, 7) is 1.23. The van der Waals surface area contributed by atoms with Crippen molar-refractivity contribution in [1.82, 2.24) is 16.0 Å². The standard InChI is InChI=1S/C21H30N4O9S/c1-10(26)17(25-18(30)13(22)8-11-2-4-12(27)5-3-11)20(32)24-15(9-35)19(31)23-14(21(33)34)6-7-16(28)29/h2-5,10,13-15,17,26-27,35H,6-9,22H2,1H3,(H,23,31)(H,24,32)(H,25,30)(H,28,29)(H,33,34)/t10-,13+,14+,15+,17+/m1/s1. The number of nitrogens with one attached hydrogen (secondary N) is 3. The minimum absolute atomic E-state index is 0.0388. The number of phenols is 1. The van der Waals surface area contributed by atoms with Crippen LogP contribution in [0.1, 0.15) is 25.3 Å². The number of hydrogen-bond donors (Lipinski definition) is 9. The first-order chi connectivity index (χ1) is 16.3. The number of aliphatic hydroxyl groups excluding tert-OH is 1. The minimum Gasteiger partial charge on any atom is -0.508 e. The zero-order valence-electron chi connectivity index (χ0n) is 18.9. The molecule has 0 saturated heterocycles. The summed E-state index contributed by atoms with van der Waals surface area (Å²) in [6.07, 6.45) is -2.19. The van der Waals surface area contributed by atoms with Gasteiger partial charge in [-0.15, -0.1) is 0 Å². The number of phenolic OH excluding ortho intramolecular Hbond substituents is 1. The Bertz CT molecular complexity index is 911. The maximum Gasteiger partial charge on any atom is 0.326 e. The van der Waals surface area contributed by atoms with Crippen molar-refractivity contribution in [1.29, 1.82) is 0 Å². The number of rotatable bonds is 14. The molecule has 0 spiro atoms. The molecule has 0 saturated carbocycles. The Labute approximate surface area is 206 Å². The van der Waals surface area contributed by atoms with Gasteiger partial charge in [0.05, 0.1) is 12.1 Å². The number of aliphatic hydroxyl groups is 1. The second-order valence-corrected chi connectivity index (χ2v) is 8.14. The number of aromatic hydroxyl groups is 1. The predicted molar refractivity (Wildman–Crippen MR) is 126 cm³/mol. The molecule has 1 aromatic carbocycles. The first-order valence-electron chi connectivity index (χ1n) is 10.5. The van der Waals surface area contributed by atoms with Gasteiger partial charge in [-0.2, -0.15) is 12.6 Å². The van der Waals surface area contributed by atoms with Gasteiger partial charge in [-0.3, -0.25) is 19.2 Å². The number of carboxylic acids is 2. The zero-order chi connectivity index (χ0) is 26.7. The maximum atomic E-state index is 12.7. The molecule has 3 amide bonds. The van der Waals surface area contributed by atoms with Crippen molar-refractivity contribution in [2.45, 2.75) is 56.5 Å². The van der Waals surface area contributed by atoms with Crippen molar-refractivity contribution in [3.63, 3.8) is 0 Å². The molecule has 13 nitrogen and oxygen atoms in total. The van der Waals surface area contributed by atoms with Gasteiger partial charge in [0.1, 0.15) is 23.9 Å². The average molecular weight is 515 g/mol. The van der Waals surface area contributed by atoms with E-state index < -0.39 is 66.4 Å². The van der Waals surface area contributed by atoms with Crippen molar-refractivity contribution >= 4 is 42.3 Å². The van der Waals surface area contributed by atoms with E-state index in [0.717, 1.165) is 0 Å². The van der Waals surface area contributed by atoms with Crippen molar-refractivity contribution in [3.05, 3.63) is 29.8 Å². The van der Waals surface area contributed by atoms with Crippen LogP contribution in [-0.2, 0) is 30.4 Å². The SMILES string of the molecule is C[C@@H](O)[C@H](NC(=O)[C@@H](N)Cc1ccc(O)cc1)C(=O)N[C@@H](CS)C(=O)N[C@@H](CCC(=O)O)C(=O)O. The van der Waals surface area contributed by atoms with Crippen LogP contribution in [0.5, 0.6) is 5.75 Å². The van der Waals surface area contributed by atoms with Gasteiger partial charge in [0, 0.05) is 12.2 Å². The molecule has 0 heterocycles. The Morgan fingerprint density at radius 1 is 0.943 bits per heavy atom. The molecule has 1 aromatic rings. The molecule has 5 atom stereocenters. The fourth-order valence-corrected chi connectivity index (χ4v) is 3.15. The molecule has 0 unspecified atom stereocenters. The summed E-state index contributed by atoms with van der Waals surface area (Å²) in [5, 5.41) is 44.0. The summed E-state index contributed by atoms with van der Waals surface area (Å²) in [5.74, 6) is -5.57. The van der Waals surface area contributed by atoms with Gasteiger partial charge in [-0.05, 0) is 37.5 Å². The summed E-state index contributed by atoms with van der Waals surface area (Å²) in [7, 11) is 0. The molecule has 0 fully saturated rings. The summed E-state index contributed by atoms with van der Waals surface area (Å²) in [6, 6.07) is 0.533. The monoisotopic (exact) mass is 514 g/mol. The normalized spacial score (nSPS) is 15.1. The lowest BCUT2D eigenvalue weighted by Gasteiger charge is -2.25. The van der Waals surface area contributed by atoms with Gasteiger partial charge in [0.2, 0.25) is 17.7 Å². The average Bonchev–Trinajstić information content (AvgIpc) is 2.78. The molecular weight excluding hydrogens is 484 g/mol. The number of hydrogen-bond acceptors (Lipinski definition) is 9. The number of carboxylic acid groups (broad SMARTS) is 2. The van der Waals surface area contributed by atoms with Crippen LogP contribution in [0.4, 0.5) is 0 Å². The predicted octanol–water partition coefficient (Wildman–Crippen LogP) is -2.02. The number of amides is 3. The van der Waals surface area contributed by atoms with Crippen molar-refractivity contribution in [2.75, 3.05) is 5.75 Å². The van der Waals surface area contributed by atoms with Crippen LogP contribution in [0.2, 0.25) is 0 Å². The van der Waals surface area contributed by atoms with E-state index in [9.17, 15) is 39.3 Å². The van der Waals surface area contributed by atoms with Crippen LogP contribution < -0.4 is 21.7 Å². The van der Waals surface area contributed by atoms with Gasteiger partial charge < -0.3 is 42.1 Å². The third kappa shape index (κ3) is 10.2. The number of aliphatic carboxylic acids is 2. The van der Waals surface area contributed by atoms with Crippen molar-refractivity contribution < 1.29 is 44.4 Å². The smallest absolute Gasteiger partial charge is 0.326 e. The Morgan fingerprint density at radius 3 is 2.00 bits per heavy atom. The zero-order valence-corrected chi connectivity index (χ0v) is 19.8. The van der Waals surface area contributed by atoms with Crippen LogP contribution >= 0.6 is 12.6 Å². The molecule has 0 radical (unpaired) electrons. The summed E-state index contributed by atoms with van der Waals surface area (Å²) >= 11 is 3.97. The molecule has 194 valence electrons. The first kappa shape index (κ1) is 29.7. The van der Waals surface area contributed by atoms with Crippen LogP contribution in [0.25, 0.3) is 0 Å². The topological polar surface area (TPSA) is 228 Å². The van der Waals surface area contributed by atoms with Gasteiger partial charge in [-0.1, -0.05) is 12.1 Å². The van der Waals surface area contributed by atoms with E-state index in [1.807, 2.05) is 0 Å². The Hall–Kier alpha value is -3.36. The number of thiol groups is 1. The number of carbonyl (C=O) groups is 5. The number of nitrogens with two attached hydrogens (primary N) is 1. The quantitative estimate of drug-likeness (QED) is 0.124.